The molecule has 0 heterocycles. The molecule has 0 saturated heterocycles. The van der Waals surface area contributed by atoms with Crippen LogP contribution in [0.2, 0.25) is 0 Å². The van der Waals surface area contributed by atoms with Crippen LogP contribution in [-0.4, -0.2) is 25.9 Å². The molecule has 0 aliphatic carbocycles. The lowest BCUT2D eigenvalue weighted by Gasteiger charge is -2.03. The lowest BCUT2D eigenvalue weighted by molar-refractivity contribution is 0.319. The highest BCUT2D eigenvalue weighted by atomic mass is 32.2. The summed E-state index contributed by atoms with van der Waals surface area (Å²) in [7, 11) is -3.58. The van der Waals surface area contributed by atoms with Gasteiger partial charge < -0.3 is 5.11 Å². The van der Waals surface area contributed by atoms with Crippen LogP contribution in [0, 0.1) is 22.7 Å². The van der Waals surface area contributed by atoms with Gasteiger partial charge >= 0.3 is 0 Å². The van der Waals surface area contributed by atoms with Gasteiger partial charge in [0.15, 0.2) is 9.84 Å². The number of nitrogens with zero attached hydrogens (tertiary/aromatic N) is 2. The molecule has 0 bridgehead atoms. The van der Waals surface area contributed by atoms with E-state index in [0.717, 1.165) is 6.07 Å². The second-order valence-electron chi connectivity index (χ2n) is 2.97. The first-order valence-electron chi connectivity index (χ1n) is 4.33. The van der Waals surface area contributed by atoms with Gasteiger partial charge in [-0.25, -0.2) is 8.42 Å². The summed E-state index contributed by atoms with van der Waals surface area (Å²) in [5.41, 5.74) is 0.145. The van der Waals surface area contributed by atoms with Crippen molar-refractivity contribution in [2.75, 3.05) is 12.4 Å². The third-order valence-electron chi connectivity index (χ3n) is 1.95. The van der Waals surface area contributed by atoms with Gasteiger partial charge in [0.25, 0.3) is 0 Å². The summed E-state index contributed by atoms with van der Waals surface area (Å²) in [6.45, 7) is -0.482. The maximum atomic E-state index is 11.5. The minimum absolute atomic E-state index is 0.0153. The Hall–Kier alpha value is -1.89. The summed E-state index contributed by atoms with van der Waals surface area (Å²) in [5.74, 6) is -0.399. The molecular formula is C10H8N2O3S. The number of aliphatic hydroxyl groups is 1. The number of hydrogen-bond acceptors (Lipinski definition) is 5. The van der Waals surface area contributed by atoms with Crippen LogP contribution in [0.4, 0.5) is 0 Å². The largest absolute Gasteiger partial charge is 0.395 e. The molecule has 5 nitrogen and oxygen atoms in total. The number of nitriles is 2. The number of hydrogen-bond donors (Lipinski definition) is 1. The molecule has 0 spiro atoms. The highest BCUT2D eigenvalue weighted by Crippen LogP contribution is 2.16. The van der Waals surface area contributed by atoms with Crippen molar-refractivity contribution in [2.45, 2.75) is 4.90 Å². The summed E-state index contributed by atoms with van der Waals surface area (Å²) in [6.07, 6.45) is 0. The minimum atomic E-state index is -3.58. The molecule has 0 unspecified atom stereocenters. The van der Waals surface area contributed by atoms with E-state index in [1.54, 1.807) is 12.1 Å². The fourth-order valence-electron chi connectivity index (χ4n) is 1.14. The molecule has 0 aliphatic rings. The van der Waals surface area contributed by atoms with Gasteiger partial charge in [0.05, 0.1) is 28.4 Å². The molecule has 0 aliphatic heterocycles. The van der Waals surface area contributed by atoms with Crippen molar-refractivity contribution in [3.8, 4) is 12.1 Å². The summed E-state index contributed by atoms with van der Waals surface area (Å²) >= 11 is 0. The Kier molecular flexibility index (Phi) is 3.62. The van der Waals surface area contributed by atoms with Gasteiger partial charge in [0, 0.05) is 0 Å². The van der Waals surface area contributed by atoms with E-state index in [9.17, 15) is 8.42 Å². The molecule has 0 aromatic heterocycles. The van der Waals surface area contributed by atoms with Crippen molar-refractivity contribution in [3.05, 3.63) is 29.3 Å². The predicted octanol–water partition coefficient (Wildman–Crippen LogP) is 0.196. The normalized spacial score (nSPS) is 10.4. The number of sulfone groups is 1. The van der Waals surface area contributed by atoms with Crippen LogP contribution in [0.15, 0.2) is 23.1 Å². The molecule has 1 N–H and O–H groups in total. The van der Waals surface area contributed by atoms with Gasteiger partial charge in [-0.2, -0.15) is 10.5 Å². The third kappa shape index (κ3) is 2.37. The van der Waals surface area contributed by atoms with Gasteiger partial charge in [-0.15, -0.1) is 0 Å². The molecule has 0 fully saturated rings. The van der Waals surface area contributed by atoms with Crippen LogP contribution < -0.4 is 0 Å². The summed E-state index contributed by atoms with van der Waals surface area (Å²) in [6, 6.07) is 7.22. The van der Waals surface area contributed by atoms with Crippen molar-refractivity contribution in [1.29, 1.82) is 10.5 Å². The standard InChI is InChI=1S/C10H8N2O3S/c11-6-8-1-2-10(5-9(8)7-12)16(14,15)4-3-13/h1-2,5,13H,3-4H2. The molecule has 0 atom stereocenters. The molecule has 0 radical (unpaired) electrons. The summed E-state index contributed by atoms with van der Waals surface area (Å²) in [5, 5.41) is 26.0. The zero-order valence-electron chi connectivity index (χ0n) is 8.21. The Labute approximate surface area is 93.1 Å². The molecule has 0 saturated carbocycles. The average molecular weight is 236 g/mol. The number of rotatable bonds is 3. The molecular weight excluding hydrogens is 228 g/mol. The van der Waals surface area contributed by atoms with Gasteiger partial charge in [-0.3, -0.25) is 0 Å². The van der Waals surface area contributed by atoms with E-state index in [-0.39, 0.29) is 16.0 Å². The maximum absolute atomic E-state index is 11.5. The van der Waals surface area contributed by atoms with Crippen LogP contribution in [0.25, 0.3) is 0 Å². The van der Waals surface area contributed by atoms with Crippen molar-refractivity contribution in [1.82, 2.24) is 0 Å². The highest BCUT2D eigenvalue weighted by molar-refractivity contribution is 7.91. The highest BCUT2D eigenvalue weighted by Gasteiger charge is 2.15. The quantitative estimate of drug-likeness (QED) is 0.807. The fraction of sp³-hybridized carbons (Fsp3) is 0.200. The lowest BCUT2D eigenvalue weighted by Crippen LogP contribution is -2.10. The Morgan fingerprint density at radius 3 is 2.31 bits per heavy atom. The van der Waals surface area contributed by atoms with E-state index in [0.29, 0.717) is 0 Å². The summed E-state index contributed by atoms with van der Waals surface area (Å²) < 4.78 is 23.1. The number of benzene rings is 1. The monoisotopic (exact) mass is 236 g/mol. The van der Waals surface area contributed by atoms with Crippen LogP contribution in [0.3, 0.4) is 0 Å². The van der Waals surface area contributed by atoms with E-state index >= 15 is 0 Å². The lowest BCUT2D eigenvalue weighted by atomic mass is 10.1. The van der Waals surface area contributed by atoms with Crippen LogP contribution in [0.1, 0.15) is 11.1 Å². The number of aliphatic hydroxyl groups excluding tert-OH is 1. The Morgan fingerprint density at radius 2 is 1.81 bits per heavy atom. The maximum Gasteiger partial charge on any atom is 0.180 e. The zero-order valence-corrected chi connectivity index (χ0v) is 9.03. The van der Waals surface area contributed by atoms with Crippen molar-refractivity contribution < 1.29 is 13.5 Å². The molecule has 1 aromatic rings. The van der Waals surface area contributed by atoms with E-state index < -0.39 is 22.2 Å². The van der Waals surface area contributed by atoms with E-state index in [1.165, 1.54) is 12.1 Å². The molecule has 1 aromatic carbocycles. The van der Waals surface area contributed by atoms with Gasteiger partial charge in [-0.1, -0.05) is 0 Å². The van der Waals surface area contributed by atoms with E-state index in [2.05, 4.69) is 0 Å². The van der Waals surface area contributed by atoms with E-state index in [1.807, 2.05) is 0 Å². The smallest absolute Gasteiger partial charge is 0.180 e. The molecule has 1 rings (SSSR count). The van der Waals surface area contributed by atoms with Gasteiger partial charge in [0.1, 0.15) is 12.1 Å². The first-order chi connectivity index (χ1) is 7.55. The SMILES string of the molecule is N#Cc1ccc(S(=O)(=O)CCO)cc1C#N. The predicted molar refractivity (Wildman–Crippen MR) is 55.0 cm³/mol. The Balaban J connectivity index is 3.32. The topological polar surface area (TPSA) is 102 Å². The molecule has 82 valence electrons. The van der Waals surface area contributed by atoms with Gasteiger partial charge in [-0.05, 0) is 18.2 Å². The minimum Gasteiger partial charge on any atom is -0.395 e. The first kappa shape index (κ1) is 12.2. The van der Waals surface area contributed by atoms with Gasteiger partial charge in [0.2, 0.25) is 0 Å². The third-order valence-corrected chi connectivity index (χ3v) is 3.64. The average Bonchev–Trinajstić information content (AvgIpc) is 2.28. The Morgan fingerprint density at radius 1 is 1.19 bits per heavy atom. The zero-order chi connectivity index (χ0) is 12.2. The van der Waals surface area contributed by atoms with Crippen molar-refractivity contribution in [2.24, 2.45) is 0 Å². The summed E-state index contributed by atoms with van der Waals surface area (Å²) in [4.78, 5) is -0.0582. The fourth-order valence-corrected chi connectivity index (χ4v) is 2.19. The molecule has 6 heteroatoms. The van der Waals surface area contributed by atoms with Crippen LogP contribution >= 0.6 is 0 Å². The second-order valence-corrected chi connectivity index (χ2v) is 5.08. The van der Waals surface area contributed by atoms with E-state index in [4.69, 9.17) is 15.6 Å². The Bertz CT molecular complexity index is 579. The van der Waals surface area contributed by atoms with Crippen LogP contribution in [-0.2, 0) is 9.84 Å². The second kappa shape index (κ2) is 4.75. The first-order valence-corrected chi connectivity index (χ1v) is 5.98. The molecule has 16 heavy (non-hydrogen) atoms. The van der Waals surface area contributed by atoms with Crippen molar-refractivity contribution >= 4 is 9.84 Å². The molecule has 0 amide bonds. The van der Waals surface area contributed by atoms with Crippen LogP contribution in [0.5, 0.6) is 0 Å². The van der Waals surface area contributed by atoms with Crippen molar-refractivity contribution in [3.63, 3.8) is 0 Å².